The summed E-state index contributed by atoms with van der Waals surface area (Å²) in [4.78, 5) is 16.7. The molecule has 0 saturated heterocycles. The second-order valence-corrected chi connectivity index (χ2v) is 7.90. The molecule has 1 aromatic carbocycles. The summed E-state index contributed by atoms with van der Waals surface area (Å²) in [5, 5.41) is 10.5. The molecule has 0 saturated carbocycles. The molecule has 184 valence electrons. The summed E-state index contributed by atoms with van der Waals surface area (Å²) >= 11 is 0. The summed E-state index contributed by atoms with van der Waals surface area (Å²) in [5.74, 6) is -6.52. The Balaban J connectivity index is 1.67. The number of hydrogen-bond acceptors (Lipinski definition) is 4. The van der Waals surface area contributed by atoms with Gasteiger partial charge in [-0.15, -0.1) is 0 Å². The second kappa shape index (κ2) is 8.40. The molecule has 0 aliphatic heterocycles. The van der Waals surface area contributed by atoms with E-state index in [-0.39, 0.29) is 23.6 Å². The van der Waals surface area contributed by atoms with Gasteiger partial charge in [0.05, 0.1) is 23.6 Å². The summed E-state index contributed by atoms with van der Waals surface area (Å²) in [7, 11) is 0. The number of halogens is 6. The van der Waals surface area contributed by atoms with Crippen LogP contribution in [0.15, 0.2) is 36.4 Å². The van der Waals surface area contributed by atoms with Gasteiger partial charge in [-0.05, 0) is 32.9 Å². The molecule has 4 rings (SSSR count). The number of carbonyl (C=O) groups is 1. The highest BCUT2D eigenvalue weighted by Gasteiger charge is 2.60. The standard InChI is InChI=1S/C22H18F6N6O/c1-11-8-17(21(24,25)22(26,27)28)34-18(29-11)9-16(32-34)20(35)30-19-12(2)31-33(13(19)3)10-14-6-4-5-7-15(14)23/h4-9H,10H2,1-3H3,(H,30,35). The van der Waals surface area contributed by atoms with Crippen LogP contribution in [-0.4, -0.2) is 36.5 Å². The summed E-state index contributed by atoms with van der Waals surface area (Å²) in [6.07, 6.45) is -5.87. The zero-order chi connectivity index (χ0) is 25.7. The number of nitrogens with zero attached hydrogens (tertiary/aromatic N) is 5. The van der Waals surface area contributed by atoms with Gasteiger partial charge in [0.15, 0.2) is 11.3 Å². The molecule has 3 heterocycles. The Morgan fingerprint density at radius 1 is 1.03 bits per heavy atom. The zero-order valence-electron chi connectivity index (χ0n) is 18.6. The molecule has 35 heavy (non-hydrogen) atoms. The fourth-order valence-electron chi connectivity index (χ4n) is 3.58. The van der Waals surface area contributed by atoms with Crippen molar-refractivity contribution < 1.29 is 31.1 Å². The van der Waals surface area contributed by atoms with Gasteiger partial charge in [0, 0.05) is 17.3 Å². The summed E-state index contributed by atoms with van der Waals surface area (Å²) in [6.45, 7) is 4.56. The van der Waals surface area contributed by atoms with Crippen LogP contribution in [0.4, 0.5) is 32.0 Å². The van der Waals surface area contributed by atoms with Crippen molar-refractivity contribution in [3.63, 3.8) is 0 Å². The molecule has 0 unspecified atom stereocenters. The fraction of sp³-hybridized carbons (Fsp3) is 0.273. The van der Waals surface area contributed by atoms with Gasteiger partial charge in [-0.1, -0.05) is 18.2 Å². The third kappa shape index (κ3) is 4.33. The molecular weight excluding hydrogens is 478 g/mol. The predicted octanol–water partition coefficient (Wildman–Crippen LogP) is 4.94. The van der Waals surface area contributed by atoms with E-state index in [1.165, 1.54) is 17.7 Å². The number of aromatic nitrogens is 5. The lowest BCUT2D eigenvalue weighted by atomic mass is 10.2. The third-order valence-corrected chi connectivity index (χ3v) is 5.36. The van der Waals surface area contributed by atoms with Gasteiger partial charge in [0.25, 0.3) is 5.91 Å². The summed E-state index contributed by atoms with van der Waals surface area (Å²) < 4.78 is 82.9. The maximum absolute atomic E-state index is 14.1. The molecule has 13 heteroatoms. The first-order valence-electron chi connectivity index (χ1n) is 10.2. The highest BCUT2D eigenvalue weighted by atomic mass is 19.4. The average molecular weight is 496 g/mol. The number of benzene rings is 1. The SMILES string of the molecule is Cc1cc(C(F)(F)C(F)(F)F)n2nc(C(=O)Nc3c(C)nn(Cc4ccccc4F)c3C)cc2n1. The van der Waals surface area contributed by atoms with Crippen LogP contribution in [0.2, 0.25) is 0 Å². The van der Waals surface area contributed by atoms with Crippen LogP contribution in [0.1, 0.15) is 38.8 Å². The molecule has 4 aromatic rings. The molecule has 1 amide bonds. The van der Waals surface area contributed by atoms with Crippen molar-refractivity contribution in [2.45, 2.75) is 39.4 Å². The van der Waals surface area contributed by atoms with Crippen LogP contribution in [0.5, 0.6) is 0 Å². The second-order valence-electron chi connectivity index (χ2n) is 7.90. The Labute approximate surface area is 194 Å². The van der Waals surface area contributed by atoms with E-state index in [2.05, 4.69) is 20.5 Å². The molecule has 1 N–H and O–H groups in total. The number of alkyl halides is 5. The Morgan fingerprint density at radius 2 is 1.71 bits per heavy atom. The molecule has 0 spiro atoms. The van der Waals surface area contributed by atoms with E-state index in [1.807, 2.05) is 0 Å². The number of amides is 1. The van der Waals surface area contributed by atoms with Gasteiger partial charge in [-0.25, -0.2) is 13.9 Å². The van der Waals surface area contributed by atoms with Gasteiger partial charge in [-0.3, -0.25) is 9.48 Å². The molecular formula is C22H18F6N6O. The lowest BCUT2D eigenvalue weighted by Crippen LogP contribution is -2.36. The van der Waals surface area contributed by atoms with Crippen LogP contribution in [-0.2, 0) is 12.5 Å². The van der Waals surface area contributed by atoms with Crippen LogP contribution < -0.4 is 5.32 Å². The van der Waals surface area contributed by atoms with Gasteiger partial charge >= 0.3 is 12.1 Å². The summed E-state index contributed by atoms with van der Waals surface area (Å²) in [6, 6.07) is 7.68. The van der Waals surface area contributed by atoms with E-state index >= 15 is 0 Å². The molecule has 0 atom stereocenters. The van der Waals surface area contributed by atoms with E-state index in [1.54, 1.807) is 32.0 Å². The molecule has 0 aliphatic rings. The number of rotatable bonds is 5. The minimum atomic E-state index is -5.87. The van der Waals surface area contributed by atoms with Crippen LogP contribution in [0.3, 0.4) is 0 Å². The van der Waals surface area contributed by atoms with E-state index in [0.717, 1.165) is 6.07 Å². The van der Waals surface area contributed by atoms with E-state index in [9.17, 15) is 31.1 Å². The number of anilines is 1. The average Bonchev–Trinajstić information content (AvgIpc) is 3.30. The third-order valence-electron chi connectivity index (χ3n) is 5.36. The number of hydrogen-bond donors (Lipinski definition) is 1. The first kappa shape index (κ1) is 24.2. The Hall–Kier alpha value is -3.90. The zero-order valence-corrected chi connectivity index (χ0v) is 18.6. The summed E-state index contributed by atoms with van der Waals surface area (Å²) in [5.41, 5.74) is -0.846. The molecule has 7 nitrogen and oxygen atoms in total. The Morgan fingerprint density at radius 3 is 2.37 bits per heavy atom. The topological polar surface area (TPSA) is 77.1 Å². The largest absolute Gasteiger partial charge is 0.459 e. The highest BCUT2D eigenvalue weighted by Crippen LogP contribution is 2.43. The van der Waals surface area contributed by atoms with Gasteiger partial charge in [-0.2, -0.15) is 32.1 Å². The minimum Gasteiger partial charge on any atom is -0.317 e. The van der Waals surface area contributed by atoms with Gasteiger partial charge in [0.1, 0.15) is 11.5 Å². The van der Waals surface area contributed by atoms with Gasteiger partial charge < -0.3 is 5.32 Å². The number of nitrogens with one attached hydrogen (secondary N) is 1. The smallest absolute Gasteiger partial charge is 0.317 e. The van der Waals surface area contributed by atoms with Crippen molar-refractivity contribution in [3.05, 3.63) is 76.2 Å². The quantitative estimate of drug-likeness (QED) is 0.397. The van der Waals surface area contributed by atoms with Crippen LogP contribution >= 0.6 is 0 Å². The number of carbonyl (C=O) groups excluding carboxylic acids is 1. The molecule has 0 radical (unpaired) electrons. The normalized spacial score (nSPS) is 12.4. The van der Waals surface area contributed by atoms with Crippen molar-refractivity contribution in [2.75, 3.05) is 5.32 Å². The Kier molecular flexibility index (Phi) is 5.81. The lowest BCUT2D eigenvalue weighted by molar-refractivity contribution is -0.291. The van der Waals surface area contributed by atoms with E-state index < -0.39 is 35.2 Å². The fourth-order valence-corrected chi connectivity index (χ4v) is 3.58. The van der Waals surface area contributed by atoms with Crippen molar-refractivity contribution in [3.8, 4) is 0 Å². The maximum Gasteiger partial charge on any atom is 0.459 e. The van der Waals surface area contributed by atoms with Gasteiger partial charge in [0.2, 0.25) is 0 Å². The van der Waals surface area contributed by atoms with Crippen LogP contribution in [0, 0.1) is 26.6 Å². The number of fused-ring (bicyclic) bond motifs is 1. The monoisotopic (exact) mass is 496 g/mol. The van der Waals surface area contributed by atoms with Crippen LogP contribution in [0.25, 0.3) is 5.65 Å². The van der Waals surface area contributed by atoms with Crippen molar-refractivity contribution in [1.29, 1.82) is 0 Å². The molecule has 0 aliphatic carbocycles. The lowest BCUT2D eigenvalue weighted by Gasteiger charge is -2.20. The minimum absolute atomic E-state index is 0.0860. The van der Waals surface area contributed by atoms with E-state index in [4.69, 9.17) is 0 Å². The first-order valence-corrected chi connectivity index (χ1v) is 10.2. The highest BCUT2D eigenvalue weighted by molar-refractivity contribution is 6.04. The molecule has 0 fully saturated rings. The molecule has 3 aromatic heterocycles. The Bertz CT molecular complexity index is 1440. The first-order chi connectivity index (χ1) is 16.3. The predicted molar refractivity (Wildman–Crippen MR) is 113 cm³/mol. The number of aryl methyl sites for hydroxylation is 2. The van der Waals surface area contributed by atoms with Crippen molar-refractivity contribution in [2.24, 2.45) is 0 Å². The molecule has 0 bridgehead atoms. The van der Waals surface area contributed by atoms with Crippen molar-refractivity contribution >= 4 is 17.2 Å². The maximum atomic E-state index is 14.1. The van der Waals surface area contributed by atoms with E-state index in [0.29, 0.717) is 27.5 Å². The van der Waals surface area contributed by atoms with Crippen molar-refractivity contribution in [1.82, 2.24) is 24.4 Å².